The first kappa shape index (κ1) is 21.3. The van der Waals surface area contributed by atoms with Crippen LogP contribution < -0.4 is 9.46 Å². The molecule has 2 aromatic carbocycles. The average Bonchev–Trinajstić information content (AvgIpc) is 3.27. The summed E-state index contributed by atoms with van der Waals surface area (Å²) in [6.07, 6.45) is 5.22. The number of ether oxygens (including phenoxy) is 1. The molecule has 3 aromatic rings. The molecule has 10 heteroatoms. The maximum Gasteiger partial charge on any atom is 0.266 e. The van der Waals surface area contributed by atoms with Crippen molar-refractivity contribution in [3.05, 3.63) is 66.0 Å². The Balaban J connectivity index is 1.42. The first-order chi connectivity index (χ1) is 15.4. The van der Waals surface area contributed by atoms with Gasteiger partial charge >= 0.3 is 0 Å². The van der Waals surface area contributed by atoms with Crippen LogP contribution in [0, 0.1) is 23.5 Å². The Morgan fingerprint density at radius 1 is 1.03 bits per heavy atom. The van der Waals surface area contributed by atoms with Crippen LogP contribution in [0.25, 0.3) is 0 Å². The van der Waals surface area contributed by atoms with E-state index in [1.807, 2.05) is 30.3 Å². The molecule has 0 amide bonds. The minimum atomic E-state index is -4.36. The molecular weight excluding hydrogens is 456 g/mol. The second kappa shape index (κ2) is 8.40. The van der Waals surface area contributed by atoms with Gasteiger partial charge in [0.2, 0.25) is 5.13 Å². The van der Waals surface area contributed by atoms with Gasteiger partial charge in [-0.1, -0.05) is 43.2 Å². The predicted molar refractivity (Wildman–Crippen MR) is 116 cm³/mol. The van der Waals surface area contributed by atoms with Gasteiger partial charge in [0.1, 0.15) is 23.1 Å². The van der Waals surface area contributed by atoms with E-state index in [0.717, 1.165) is 55.2 Å². The van der Waals surface area contributed by atoms with E-state index in [4.69, 9.17) is 4.74 Å². The normalized spacial score (nSPS) is 24.9. The molecule has 2 fully saturated rings. The second-order valence-corrected chi connectivity index (χ2v) is 10.6. The lowest BCUT2D eigenvalue weighted by Crippen LogP contribution is -2.54. The molecule has 4 atom stereocenters. The van der Waals surface area contributed by atoms with Crippen LogP contribution in [0.2, 0.25) is 0 Å². The molecule has 0 saturated heterocycles. The molecule has 0 aliphatic heterocycles. The van der Waals surface area contributed by atoms with Crippen molar-refractivity contribution < 1.29 is 21.9 Å². The first-order valence-electron chi connectivity index (χ1n) is 10.4. The number of halogens is 2. The molecule has 0 spiro atoms. The third kappa shape index (κ3) is 3.86. The van der Waals surface area contributed by atoms with E-state index < -0.39 is 26.6 Å². The fraction of sp³-hybridized carbons (Fsp3) is 0.364. The number of fused-ring (bicyclic) bond motifs is 1. The van der Waals surface area contributed by atoms with Crippen molar-refractivity contribution in [2.75, 3.05) is 4.72 Å². The molecule has 32 heavy (non-hydrogen) atoms. The molecule has 2 saturated carbocycles. The number of nitrogens with one attached hydrogen (secondary N) is 1. The molecule has 6 nitrogen and oxygen atoms in total. The highest BCUT2D eigenvalue weighted by atomic mass is 32.2. The summed E-state index contributed by atoms with van der Waals surface area (Å²) in [5.74, 6) is -1.44. The lowest BCUT2D eigenvalue weighted by atomic mass is 9.54. The van der Waals surface area contributed by atoms with Crippen LogP contribution in [0.5, 0.6) is 5.75 Å². The van der Waals surface area contributed by atoms with Crippen molar-refractivity contribution in [3.63, 3.8) is 0 Å². The van der Waals surface area contributed by atoms with E-state index in [-0.39, 0.29) is 28.8 Å². The summed E-state index contributed by atoms with van der Waals surface area (Å²) in [5.41, 5.74) is 1.13. The molecular formula is C22H21F2N3O3S2. The Morgan fingerprint density at radius 2 is 1.78 bits per heavy atom. The van der Waals surface area contributed by atoms with Gasteiger partial charge in [0.05, 0.1) is 0 Å². The maximum absolute atomic E-state index is 14.9. The van der Waals surface area contributed by atoms with Crippen molar-refractivity contribution in [2.45, 2.75) is 42.6 Å². The van der Waals surface area contributed by atoms with Crippen molar-refractivity contribution in [1.29, 1.82) is 0 Å². The van der Waals surface area contributed by atoms with E-state index in [0.29, 0.717) is 12.0 Å². The highest BCUT2D eigenvalue weighted by Crippen LogP contribution is 2.55. The largest absolute Gasteiger partial charge is 0.486 e. The average molecular weight is 478 g/mol. The molecule has 1 unspecified atom stereocenters. The highest BCUT2D eigenvalue weighted by molar-refractivity contribution is 7.93. The fourth-order valence-electron chi connectivity index (χ4n) is 5.02. The van der Waals surface area contributed by atoms with Crippen LogP contribution in [-0.4, -0.2) is 23.9 Å². The van der Waals surface area contributed by atoms with E-state index in [2.05, 4.69) is 14.1 Å². The smallest absolute Gasteiger partial charge is 0.266 e. The van der Waals surface area contributed by atoms with Gasteiger partial charge in [-0.2, -0.15) is 4.37 Å². The van der Waals surface area contributed by atoms with Gasteiger partial charge in [0.25, 0.3) is 10.0 Å². The Kier molecular flexibility index (Phi) is 5.58. The molecule has 1 heterocycles. The summed E-state index contributed by atoms with van der Waals surface area (Å²) in [4.78, 5) is 2.90. The van der Waals surface area contributed by atoms with E-state index in [1.54, 1.807) is 0 Å². The van der Waals surface area contributed by atoms with Crippen molar-refractivity contribution >= 4 is 26.7 Å². The van der Waals surface area contributed by atoms with Gasteiger partial charge in [-0.15, -0.1) is 0 Å². The molecule has 0 bridgehead atoms. The Bertz CT molecular complexity index is 1210. The molecule has 1 aromatic heterocycles. The van der Waals surface area contributed by atoms with Crippen LogP contribution in [0.3, 0.4) is 0 Å². The maximum atomic E-state index is 14.9. The van der Waals surface area contributed by atoms with Crippen molar-refractivity contribution in [2.24, 2.45) is 11.8 Å². The summed E-state index contributed by atoms with van der Waals surface area (Å²) in [6, 6.07) is 11.4. The van der Waals surface area contributed by atoms with Gasteiger partial charge in [0.15, 0.2) is 11.6 Å². The molecule has 0 radical (unpaired) electrons. The van der Waals surface area contributed by atoms with Crippen LogP contribution in [-0.2, 0) is 10.0 Å². The summed E-state index contributed by atoms with van der Waals surface area (Å²) in [6.45, 7) is 0. The monoisotopic (exact) mass is 477 g/mol. The van der Waals surface area contributed by atoms with E-state index >= 15 is 0 Å². The van der Waals surface area contributed by atoms with Crippen LogP contribution in [0.1, 0.15) is 37.2 Å². The number of sulfonamides is 1. The summed E-state index contributed by atoms with van der Waals surface area (Å²) in [5, 5.41) is -0.0337. The minimum Gasteiger partial charge on any atom is -0.486 e. The van der Waals surface area contributed by atoms with Gasteiger partial charge in [0, 0.05) is 29.6 Å². The number of benzene rings is 2. The quantitative estimate of drug-likeness (QED) is 0.542. The molecule has 1 N–H and O–H groups in total. The SMILES string of the molecule is O=S(=O)(Nc1ncns1)c1cc(F)c(O[C@@H]2C3CCCC[C@H]3[C@@H]2c2ccccc2)cc1F. The zero-order valence-electron chi connectivity index (χ0n) is 16.9. The van der Waals surface area contributed by atoms with Gasteiger partial charge in [-0.3, -0.25) is 4.72 Å². The standard InChI is InChI=1S/C22H21F2N3O3S2/c23-16-11-19(32(28,29)27-22-25-12-26-31-22)17(24)10-18(16)30-21-15-9-5-4-8-14(15)20(21)13-6-2-1-3-7-13/h1-3,6-7,10-12,14-15,20-21H,4-5,8-9H2,(H,25,26,27)/t14-,15?,20+,21-/m1/s1. The van der Waals surface area contributed by atoms with E-state index in [1.165, 1.54) is 0 Å². The fourth-order valence-corrected chi connectivity index (χ4v) is 6.75. The molecule has 5 rings (SSSR count). The number of nitrogens with zero attached hydrogens (tertiary/aromatic N) is 2. The zero-order valence-corrected chi connectivity index (χ0v) is 18.6. The summed E-state index contributed by atoms with van der Waals surface area (Å²) in [7, 11) is -4.36. The molecule has 168 valence electrons. The lowest BCUT2D eigenvalue weighted by Gasteiger charge is -2.54. The number of rotatable bonds is 6. The number of aromatic nitrogens is 2. The predicted octanol–water partition coefficient (Wildman–Crippen LogP) is 4.97. The zero-order chi connectivity index (χ0) is 22.3. The third-order valence-electron chi connectivity index (χ3n) is 6.42. The van der Waals surface area contributed by atoms with E-state index in [9.17, 15) is 17.2 Å². The summed E-state index contributed by atoms with van der Waals surface area (Å²) >= 11 is 0.793. The van der Waals surface area contributed by atoms with Crippen molar-refractivity contribution in [3.8, 4) is 5.75 Å². The Morgan fingerprint density at radius 3 is 2.50 bits per heavy atom. The number of hydrogen-bond donors (Lipinski definition) is 1. The Labute approximate surface area is 188 Å². The lowest BCUT2D eigenvalue weighted by molar-refractivity contribution is -0.0677. The van der Waals surface area contributed by atoms with Gasteiger partial charge < -0.3 is 4.74 Å². The van der Waals surface area contributed by atoms with Crippen LogP contribution in [0.4, 0.5) is 13.9 Å². The van der Waals surface area contributed by atoms with Crippen LogP contribution >= 0.6 is 11.5 Å². The molecule has 2 aliphatic rings. The number of anilines is 1. The Hall–Kier alpha value is -2.59. The highest BCUT2D eigenvalue weighted by Gasteiger charge is 2.53. The topological polar surface area (TPSA) is 81.2 Å². The van der Waals surface area contributed by atoms with Crippen LogP contribution in [0.15, 0.2) is 53.7 Å². The minimum absolute atomic E-state index is 0.0337. The number of hydrogen-bond acceptors (Lipinski definition) is 6. The third-order valence-corrected chi connectivity index (χ3v) is 8.48. The van der Waals surface area contributed by atoms with Gasteiger partial charge in [-0.25, -0.2) is 22.2 Å². The van der Waals surface area contributed by atoms with Gasteiger partial charge in [-0.05, 0) is 30.2 Å². The summed E-state index contributed by atoms with van der Waals surface area (Å²) < 4.78 is 66.4. The molecule has 2 aliphatic carbocycles. The van der Waals surface area contributed by atoms with Crippen molar-refractivity contribution in [1.82, 2.24) is 9.36 Å². The second-order valence-electron chi connectivity index (χ2n) is 8.20. The first-order valence-corrected chi connectivity index (χ1v) is 12.7.